The number of ether oxygens (including phenoxy) is 1. The first-order valence-electron chi connectivity index (χ1n) is 6.31. The molecule has 1 fully saturated rings. The van der Waals surface area contributed by atoms with Gasteiger partial charge >= 0.3 is 0 Å². The van der Waals surface area contributed by atoms with E-state index in [9.17, 15) is 4.79 Å². The van der Waals surface area contributed by atoms with E-state index in [-0.39, 0.29) is 24.7 Å². The molecule has 100 valence electrons. The molecule has 0 aromatic rings. The summed E-state index contributed by atoms with van der Waals surface area (Å²) in [7, 11) is 0. The second-order valence-electron chi connectivity index (χ2n) is 4.82. The molecule has 0 aromatic heterocycles. The van der Waals surface area contributed by atoms with Gasteiger partial charge < -0.3 is 20.5 Å². The van der Waals surface area contributed by atoms with Gasteiger partial charge in [0, 0.05) is 13.1 Å². The van der Waals surface area contributed by atoms with Crippen molar-refractivity contribution >= 4 is 5.91 Å². The number of hydrogen-bond acceptors (Lipinski definition) is 4. The van der Waals surface area contributed by atoms with Crippen LogP contribution in [0.15, 0.2) is 0 Å². The molecule has 2 unspecified atom stereocenters. The first-order chi connectivity index (χ1) is 7.96. The van der Waals surface area contributed by atoms with E-state index in [1.165, 1.54) is 0 Å². The summed E-state index contributed by atoms with van der Waals surface area (Å²) in [6.07, 6.45) is 0.902. The third-order valence-corrected chi connectivity index (χ3v) is 3.50. The average molecular weight is 244 g/mol. The number of nitrogens with two attached hydrogens (primary N) is 1. The van der Waals surface area contributed by atoms with Crippen molar-refractivity contribution in [3.8, 4) is 0 Å². The molecule has 0 saturated carbocycles. The van der Waals surface area contributed by atoms with Crippen molar-refractivity contribution in [2.24, 2.45) is 5.73 Å². The monoisotopic (exact) mass is 244 g/mol. The smallest absolute Gasteiger partial charge is 0.242 e. The first-order valence-corrected chi connectivity index (χ1v) is 6.31. The van der Waals surface area contributed by atoms with Crippen LogP contribution >= 0.6 is 0 Å². The SMILES string of the molecule is CCC(N)(CC)C(=O)N1CC(C)OC(CO)C1. The molecule has 3 N–H and O–H groups in total. The number of carbonyl (C=O) groups is 1. The van der Waals surface area contributed by atoms with Gasteiger partial charge in [-0.2, -0.15) is 0 Å². The largest absolute Gasteiger partial charge is 0.394 e. The minimum atomic E-state index is -0.781. The number of nitrogens with zero attached hydrogens (tertiary/aromatic N) is 1. The van der Waals surface area contributed by atoms with E-state index < -0.39 is 5.54 Å². The van der Waals surface area contributed by atoms with Crippen LogP contribution in [0.4, 0.5) is 0 Å². The zero-order chi connectivity index (χ0) is 13.1. The van der Waals surface area contributed by atoms with Gasteiger partial charge in [0.1, 0.15) is 0 Å². The van der Waals surface area contributed by atoms with E-state index in [4.69, 9.17) is 15.6 Å². The fourth-order valence-corrected chi connectivity index (χ4v) is 2.18. The van der Waals surface area contributed by atoms with Crippen LogP contribution in [0.3, 0.4) is 0 Å². The van der Waals surface area contributed by atoms with Gasteiger partial charge in [0.05, 0.1) is 24.4 Å². The summed E-state index contributed by atoms with van der Waals surface area (Å²) in [5.74, 6) is -0.0314. The molecule has 0 aliphatic carbocycles. The van der Waals surface area contributed by atoms with Crippen LogP contribution in [-0.2, 0) is 9.53 Å². The van der Waals surface area contributed by atoms with E-state index >= 15 is 0 Å². The van der Waals surface area contributed by atoms with E-state index in [1.807, 2.05) is 20.8 Å². The van der Waals surface area contributed by atoms with Crippen LogP contribution in [0.2, 0.25) is 0 Å². The molecule has 0 aromatic carbocycles. The van der Waals surface area contributed by atoms with Crippen molar-refractivity contribution in [2.75, 3.05) is 19.7 Å². The zero-order valence-corrected chi connectivity index (χ0v) is 11.0. The minimum absolute atomic E-state index is 0.0314. The average Bonchev–Trinajstić information content (AvgIpc) is 2.36. The number of morpholine rings is 1. The minimum Gasteiger partial charge on any atom is -0.394 e. The topological polar surface area (TPSA) is 75.8 Å². The summed E-state index contributed by atoms with van der Waals surface area (Å²) >= 11 is 0. The summed E-state index contributed by atoms with van der Waals surface area (Å²) in [5.41, 5.74) is 5.33. The van der Waals surface area contributed by atoms with E-state index in [1.54, 1.807) is 4.90 Å². The molecule has 1 aliphatic heterocycles. The van der Waals surface area contributed by atoms with Crippen molar-refractivity contribution < 1.29 is 14.6 Å². The molecule has 0 radical (unpaired) electrons. The molecule has 1 amide bonds. The molecule has 5 heteroatoms. The Balaban J connectivity index is 2.74. The number of aliphatic hydroxyl groups excluding tert-OH is 1. The molecular weight excluding hydrogens is 220 g/mol. The Morgan fingerprint density at radius 1 is 1.47 bits per heavy atom. The predicted octanol–water partition coefficient (Wildman–Crippen LogP) is 0.112. The Bertz CT molecular complexity index is 266. The molecule has 5 nitrogen and oxygen atoms in total. The van der Waals surface area contributed by atoms with E-state index in [2.05, 4.69) is 0 Å². The summed E-state index contributed by atoms with van der Waals surface area (Å²) in [6.45, 7) is 6.67. The number of aliphatic hydroxyl groups is 1. The molecule has 0 spiro atoms. The summed E-state index contributed by atoms with van der Waals surface area (Å²) in [5, 5.41) is 9.13. The highest BCUT2D eigenvalue weighted by molar-refractivity contribution is 5.86. The molecule has 0 bridgehead atoms. The third-order valence-electron chi connectivity index (χ3n) is 3.50. The fourth-order valence-electron chi connectivity index (χ4n) is 2.18. The quantitative estimate of drug-likeness (QED) is 0.736. The van der Waals surface area contributed by atoms with Crippen molar-refractivity contribution in [3.63, 3.8) is 0 Å². The number of hydrogen-bond donors (Lipinski definition) is 2. The molecule has 1 rings (SSSR count). The highest BCUT2D eigenvalue weighted by atomic mass is 16.5. The lowest BCUT2D eigenvalue weighted by molar-refractivity contribution is -0.152. The highest BCUT2D eigenvalue weighted by Crippen LogP contribution is 2.19. The van der Waals surface area contributed by atoms with Crippen molar-refractivity contribution in [2.45, 2.75) is 51.4 Å². The molecule has 1 saturated heterocycles. The maximum absolute atomic E-state index is 12.4. The van der Waals surface area contributed by atoms with Gasteiger partial charge in [-0.15, -0.1) is 0 Å². The third kappa shape index (κ3) is 3.18. The van der Waals surface area contributed by atoms with Gasteiger partial charge in [0.15, 0.2) is 0 Å². The van der Waals surface area contributed by atoms with Gasteiger partial charge in [0.25, 0.3) is 0 Å². The normalized spacial score (nSPS) is 26.1. The van der Waals surface area contributed by atoms with Crippen LogP contribution in [0.5, 0.6) is 0 Å². The van der Waals surface area contributed by atoms with Crippen molar-refractivity contribution in [3.05, 3.63) is 0 Å². The van der Waals surface area contributed by atoms with E-state index in [0.29, 0.717) is 25.9 Å². The lowest BCUT2D eigenvalue weighted by atomic mass is 9.92. The maximum Gasteiger partial charge on any atom is 0.242 e. The molecule has 1 heterocycles. The zero-order valence-electron chi connectivity index (χ0n) is 11.0. The van der Waals surface area contributed by atoms with E-state index in [0.717, 1.165) is 0 Å². The standard InChI is InChI=1S/C12H24N2O3/c1-4-12(13,5-2)11(16)14-6-9(3)17-10(7-14)8-15/h9-10,15H,4-8,13H2,1-3H3. The maximum atomic E-state index is 12.4. The molecule has 17 heavy (non-hydrogen) atoms. The fraction of sp³-hybridized carbons (Fsp3) is 0.917. The number of amides is 1. The van der Waals surface area contributed by atoms with Gasteiger partial charge in [-0.05, 0) is 19.8 Å². The first kappa shape index (κ1) is 14.4. The lowest BCUT2D eigenvalue weighted by Crippen LogP contribution is -2.60. The lowest BCUT2D eigenvalue weighted by Gasteiger charge is -2.40. The van der Waals surface area contributed by atoms with Crippen LogP contribution in [0.25, 0.3) is 0 Å². The Hall–Kier alpha value is -0.650. The van der Waals surface area contributed by atoms with Gasteiger partial charge in [-0.1, -0.05) is 13.8 Å². The van der Waals surface area contributed by atoms with Crippen LogP contribution in [0.1, 0.15) is 33.6 Å². The summed E-state index contributed by atoms with van der Waals surface area (Å²) < 4.78 is 5.51. The van der Waals surface area contributed by atoms with Crippen LogP contribution in [0, 0.1) is 0 Å². The Labute approximate surface area is 103 Å². The Morgan fingerprint density at radius 2 is 2.06 bits per heavy atom. The second-order valence-corrected chi connectivity index (χ2v) is 4.82. The van der Waals surface area contributed by atoms with Gasteiger partial charge in [0.2, 0.25) is 5.91 Å². The van der Waals surface area contributed by atoms with Crippen molar-refractivity contribution in [1.82, 2.24) is 4.90 Å². The Morgan fingerprint density at radius 3 is 2.53 bits per heavy atom. The van der Waals surface area contributed by atoms with Crippen LogP contribution in [-0.4, -0.2) is 53.4 Å². The van der Waals surface area contributed by atoms with Gasteiger partial charge in [-0.3, -0.25) is 4.79 Å². The van der Waals surface area contributed by atoms with Crippen molar-refractivity contribution in [1.29, 1.82) is 0 Å². The van der Waals surface area contributed by atoms with Crippen LogP contribution < -0.4 is 5.73 Å². The predicted molar refractivity (Wildman–Crippen MR) is 65.5 cm³/mol. The molecule has 2 atom stereocenters. The number of carbonyl (C=O) groups excluding carboxylic acids is 1. The second kappa shape index (κ2) is 5.80. The summed E-state index contributed by atoms with van der Waals surface area (Å²) in [4.78, 5) is 14.1. The summed E-state index contributed by atoms with van der Waals surface area (Å²) in [6, 6.07) is 0. The number of rotatable bonds is 4. The molecule has 1 aliphatic rings. The molecular formula is C12H24N2O3. The Kier molecular flexibility index (Phi) is 4.91. The highest BCUT2D eigenvalue weighted by Gasteiger charge is 2.37. The van der Waals surface area contributed by atoms with Gasteiger partial charge in [-0.25, -0.2) is 0 Å².